The molecule has 0 N–H and O–H groups in total. The van der Waals surface area contributed by atoms with Crippen molar-refractivity contribution in [3.8, 4) is 0 Å². The van der Waals surface area contributed by atoms with Gasteiger partial charge >= 0.3 is 0 Å². The van der Waals surface area contributed by atoms with Gasteiger partial charge in [-0.15, -0.1) is 0 Å². The molecule has 1 aromatic carbocycles. The molecule has 0 aliphatic carbocycles. The third-order valence-corrected chi connectivity index (χ3v) is 4.47. The molecule has 1 rings (SSSR count). The number of rotatable bonds is 11. The average molecular weight is 368 g/mol. The number of halogens is 1. The quantitative estimate of drug-likeness (QED) is 0.435. The highest BCUT2D eigenvalue weighted by atomic mass is 79.9. The van der Waals surface area contributed by atoms with Gasteiger partial charge in [0.1, 0.15) is 0 Å². The van der Waals surface area contributed by atoms with Crippen molar-refractivity contribution < 1.29 is 4.79 Å². The average Bonchev–Trinajstić information content (AvgIpc) is 2.53. The molecule has 0 heterocycles. The van der Waals surface area contributed by atoms with Gasteiger partial charge in [-0.1, -0.05) is 68.3 Å². The SMILES string of the molecule is CCCCCCN(CCCCCC)C(=O)c1ccc(Br)cc1. The van der Waals surface area contributed by atoms with E-state index in [0.29, 0.717) is 0 Å². The van der Waals surface area contributed by atoms with Crippen molar-refractivity contribution in [2.45, 2.75) is 65.2 Å². The summed E-state index contributed by atoms with van der Waals surface area (Å²) < 4.78 is 1.02. The van der Waals surface area contributed by atoms with Crippen LogP contribution in [-0.4, -0.2) is 23.9 Å². The fourth-order valence-corrected chi connectivity index (χ4v) is 2.81. The van der Waals surface area contributed by atoms with Gasteiger partial charge in [0.2, 0.25) is 0 Å². The lowest BCUT2D eigenvalue weighted by molar-refractivity contribution is 0.0749. The zero-order chi connectivity index (χ0) is 16.2. The van der Waals surface area contributed by atoms with E-state index < -0.39 is 0 Å². The normalized spacial score (nSPS) is 10.7. The fraction of sp³-hybridized carbons (Fsp3) is 0.632. The maximum Gasteiger partial charge on any atom is 0.253 e. The van der Waals surface area contributed by atoms with Crippen molar-refractivity contribution in [1.82, 2.24) is 4.90 Å². The Hall–Kier alpha value is -0.830. The summed E-state index contributed by atoms with van der Waals surface area (Å²) in [6, 6.07) is 7.72. The monoisotopic (exact) mass is 367 g/mol. The molecule has 1 amide bonds. The van der Waals surface area contributed by atoms with E-state index in [1.165, 1.54) is 38.5 Å². The van der Waals surface area contributed by atoms with Gasteiger partial charge in [0.05, 0.1) is 0 Å². The summed E-state index contributed by atoms with van der Waals surface area (Å²) in [6.45, 7) is 6.22. The van der Waals surface area contributed by atoms with E-state index in [4.69, 9.17) is 0 Å². The molecule has 0 saturated heterocycles. The van der Waals surface area contributed by atoms with E-state index in [2.05, 4.69) is 34.7 Å². The lowest BCUT2D eigenvalue weighted by Gasteiger charge is -2.23. The molecule has 3 heteroatoms. The molecule has 124 valence electrons. The number of carbonyl (C=O) groups excluding carboxylic acids is 1. The van der Waals surface area contributed by atoms with Gasteiger partial charge in [-0.3, -0.25) is 4.79 Å². The summed E-state index contributed by atoms with van der Waals surface area (Å²) in [5.74, 6) is 0.181. The number of nitrogens with zero attached hydrogens (tertiary/aromatic N) is 1. The first kappa shape index (κ1) is 19.2. The second-order valence-corrected chi connectivity index (χ2v) is 6.84. The first-order chi connectivity index (χ1) is 10.7. The van der Waals surface area contributed by atoms with Crippen molar-refractivity contribution >= 4 is 21.8 Å². The van der Waals surface area contributed by atoms with E-state index in [9.17, 15) is 4.79 Å². The highest BCUT2D eigenvalue weighted by Gasteiger charge is 2.14. The molecular weight excluding hydrogens is 338 g/mol. The second-order valence-electron chi connectivity index (χ2n) is 5.92. The summed E-state index contributed by atoms with van der Waals surface area (Å²) >= 11 is 3.43. The highest BCUT2D eigenvalue weighted by Crippen LogP contribution is 2.14. The second kappa shape index (κ2) is 11.7. The maximum atomic E-state index is 12.7. The number of amides is 1. The van der Waals surface area contributed by atoms with Gasteiger partial charge in [-0.2, -0.15) is 0 Å². The third kappa shape index (κ3) is 7.44. The Morgan fingerprint density at radius 1 is 0.864 bits per heavy atom. The molecule has 0 unspecified atom stereocenters. The van der Waals surface area contributed by atoms with E-state index >= 15 is 0 Å². The smallest absolute Gasteiger partial charge is 0.253 e. The summed E-state index contributed by atoms with van der Waals surface area (Å²) in [7, 11) is 0. The van der Waals surface area contributed by atoms with Gasteiger partial charge in [-0.25, -0.2) is 0 Å². The van der Waals surface area contributed by atoms with Crippen LogP contribution in [0.5, 0.6) is 0 Å². The molecule has 0 spiro atoms. The van der Waals surface area contributed by atoms with Gasteiger partial charge in [0, 0.05) is 23.1 Å². The van der Waals surface area contributed by atoms with Crippen molar-refractivity contribution in [2.75, 3.05) is 13.1 Å². The van der Waals surface area contributed by atoms with Crippen LogP contribution in [0.15, 0.2) is 28.7 Å². The Morgan fingerprint density at radius 2 is 1.36 bits per heavy atom. The first-order valence-electron chi connectivity index (χ1n) is 8.73. The molecule has 0 atom stereocenters. The summed E-state index contributed by atoms with van der Waals surface area (Å²) in [4.78, 5) is 14.7. The predicted molar refractivity (Wildman–Crippen MR) is 98.3 cm³/mol. The standard InChI is InChI=1S/C19H30BrNO/c1-3-5-7-9-15-21(16-10-8-6-4-2)19(22)17-11-13-18(20)14-12-17/h11-14H,3-10,15-16H2,1-2H3. The first-order valence-corrected chi connectivity index (χ1v) is 9.53. The minimum absolute atomic E-state index is 0.181. The lowest BCUT2D eigenvalue weighted by atomic mass is 10.1. The number of unbranched alkanes of at least 4 members (excludes halogenated alkanes) is 6. The molecule has 0 aromatic heterocycles. The largest absolute Gasteiger partial charge is 0.339 e. The minimum Gasteiger partial charge on any atom is -0.339 e. The van der Waals surface area contributed by atoms with Gasteiger partial charge in [-0.05, 0) is 37.1 Å². The summed E-state index contributed by atoms with van der Waals surface area (Å²) in [5, 5.41) is 0. The molecular formula is C19H30BrNO. The van der Waals surface area contributed by atoms with Crippen molar-refractivity contribution in [3.05, 3.63) is 34.3 Å². The minimum atomic E-state index is 0.181. The van der Waals surface area contributed by atoms with Crippen LogP contribution in [0, 0.1) is 0 Å². The van der Waals surface area contributed by atoms with Crippen molar-refractivity contribution in [1.29, 1.82) is 0 Å². The third-order valence-electron chi connectivity index (χ3n) is 3.94. The zero-order valence-corrected chi connectivity index (χ0v) is 15.7. The maximum absolute atomic E-state index is 12.7. The Bertz CT molecular complexity index is 404. The molecule has 0 aliphatic heterocycles. The molecule has 2 nitrogen and oxygen atoms in total. The van der Waals surface area contributed by atoms with Crippen LogP contribution in [0.2, 0.25) is 0 Å². The number of hydrogen-bond donors (Lipinski definition) is 0. The molecule has 0 saturated carbocycles. The van der Waals surface area contributed by atoms with Crippen LogP contribution in [-0.2, 0) is 0 Å². The van der Waals surface area contributed by atoms with E-state index in [1.807, 2.05) is 24.3 Å². The molecule has 1 aromatic rings. The summed E-state index contributed by atoms with van der Waals surface area (Å²) in [6.07, 6.45) is 9.65. The van der Waals surface area contributed by atoms with Crippen molar-refractivity contribution in [2.24, 2.45) is 0 Å². The van der Waals surface area contributed by atoms with Crippen molar-refractivity contribution in [3.63, 3.8) is 0 Å². The molecule has 0 fully saturated rings. The molecule has 0 aliphatic rings. The summed E-state index contributed by atoms with van der Waals surface area (Å²) in [5.41, 5.74) is 0.800. The van der Waals surface area contributed by atoms with Gasteiger partial charge in [0.15, 0.2) is 0 Å². The van der Waals surface area contributed by atoms with E-state index in [1.54, 1.807) is 0 Å². The Labute approximate surface area is 144 Å². The van der Waals surface area contributed by atoms with Crippen LogP contribution in [0.1, 0.15) is 75.6 Å². The molecule has 22 heavy (non-hydrogen) atoms. The Kier molecular flexibility index (Phi) is 10.2. The fourth-order valence-electron chi connectivity index (χ4n) is 2.55. The van der Waals surface area contributed by atoms with E-state index in [0.717, 1.165) is 36.0 Å². The number of carbonyl (C=O) groups is 1. The predicted octanol–water partition coefficient (Wildman–Crippen LogP) is 6.05. The van der Waals surface area contributed by atoms with Gasteiger partial charge in [0.25, 0.3) is 5.91 Å². The van der Waals surface area contributed by atoms with Gasteiger partial charge < -0.3 is 4.90 Å². The topological polar surface area (TPSA) is 20.3 Å². The molecule has 0 bridgehead atoms. The van der Waals surface area contributed by atoms with Crippen LogP contribution in [0.3, 0.4) is 0 Å². The lowest BCUT2D eigenvalue weighted by Crippen LogP contribution is -2.33. The Balaban J connectivity index is 2.57. The Morgan fingerprint density at radius 3 is 1.82 bits per heavy atom. The zero-order valence-electron chi connectivity index (χ0n) is 14.1. The highest BCUT2D eigenvalue weighted by molar-refractivity contribution is 9.10. The molecule has 0 radical (unpaired) electrons. The van der Waals surface area contributed by atoms with Crippen LogP contribution < -0.4 is 0 Å². The van der Waals surface area contributed by atoms with E-state index in [-0.39, 0.29) is 5.91 Å². The number of hydrogen-bond acceptors (Lipinski definition) is 1. The van der Waals surface area contributed by atoms with Crippen LogP contribution >= 0.6 is 15.9 Å². The van der Waals surface area contributed by atoms with Crippen LogP contribution in [0.4, 0.5) is 0 Å². The number of benzene rings is 1. The van der Waals surface area contributed by atoms with Crippen LogP contribution in [0.25, 0.3) is 0 Å².